The number of aromatic nitrogens is 6. The average molecular weight is 423 g/mol. The van der Waals surface area contributed by atoms with Gasteiger partial charge in [-0.15, -0.1) is 15.3 Å². The van der Waals surface area contributed by atoms with Gasteiger partial charge >= 0.3 is 0 Å². The zero-order valence-corrected chi connectivity index (χ0v) is 18.3. The van der Waals surface area contributed by atoms with Gasteiger partial charge in [0.15, 0.2) is 5.65 Å². The Labute approximate surface area is 179 Å². The Morgan fingerprint density at radius 2 is 1.90 bits per heavy atom. The molecule has 1 aliphatic rings. The van der Waals surface area contributed by atoms with Crippen LogP contribution in [0, 0.1) is 0 Å². The molecule has 0 saturated carbocycles. The number of phenols is 1. The maximum atomic E-state index is 15.4. The lowest BCUT2D eigenvalue weighted by atomic mass is 9.78. The molecule has 0 aliphatic carbocycles. The van der Waals surface area contributed by atoms with Crippen molar-refractivity contribution < 1.29 is 9.50 Å². The molecule has 1 saturated heterocycles. The summed E-state index contributed by atoms with van der Waals surface area (Å²) in [4.78, 5) is 0. The molecule has 5 rings (SSSR count). The molecular weight excluding hydrogens is 397 g/mol. The van der Waals surface area contributed by atoms with Crippen molar-refractivity contribution in [3.63, 3.8) is 0 Å². The second kappa shape index (κ2) is 6.46. The number of hydrogen-bond acceptors (Lipinski definition) is 6. The van der Waals surface area contributed by atoms with E-state index in [1.807, 2.05) is 36.7 Å². The number of aromatic hydroxyl groups is 1. The Morgan fingerprint density at radius 1 is 1.13 bits per heavy atom. The summed E-state index contributed by atoms with van der Waals surface area (Å²) in [6.07, 6.45) is 1.43. The third kappa shape index (κ3) is 3.15. The van der Waals surface area contributed by atoms with Gasteiger partial charge in [-0.2, -0.15) is 0 Å². The summed E-state index contributed by atoms with van der Waals surface area (Å²) >= 11 is 0. The highest BCUT2D eigenvalue weighted by molar-refractivity contribution is 5.87. The Hall–Kier alpha value is -3.07. The molecule has 2 atom stereocenters. The number of fused-ring (bicyclic) bond motifs is 2. The van der Waals surface area contributed by atoms with Gasteiger partial charge in [-0.25, -0.2) is 9.07 Å². The number of phenolic OH excluding ortho intramolecular Hbond substituents is 1. The van der Waals surface area contributed by atoms with Crippen LogP contribution in [0.25, 0.3) is 33.3 Å². The summed E-state index contributed by atoms with van der Waals surface area (Å²) in [7, 11) is 1.77. The molecule has 0 bridgehead atoms. The highest BCUT2D eigenvalue weighted by Gasteiger charge is 2.47. The average Bonchev–Trinajstić information content (AvgIpc) is 3.26. The van der Waals surface area contributed by atoms with Crippen LogP contribution in [-0.4, -0.2) is 52.1 Å². The van der Waals surface area contributed by atoms with E-state index in [2.05, 4.69) is 39.7 Å². The van der Waals surface area contributed by atoms with Crippen molar-refractivity contribution >= 4 is 22.1 Å². The highest BCUT2D eigenvalue weighted by Crippen LogP contribution is 2.40. The molecule has 0 amide bonds. The molecule has 0 spiro atoms. The van der Waals surface area contributed by atoms with Crippen LogP contribution in [0.15, 0.2) is 30.5 Å². The van der Waals surface area contributed by atoms with E-state index in [-0.39, 0.29) is 17.3 Å². The predicted octanol–water partition coefficient (Wildman–Crippen LogP) is 3.52. The number of nitrogens with one attached hydrogen (secondary N) is 1. The minimum absolute atomic E-state index is 0.0802. The van der Waals surface area contributed by atoms with Gasteiger partial charge in [0.2, 0.25) is 0 Å². The molecule has 9 heteroatoms. The van der Waals surface area contributed by atoms with Crippen molar-refractivity contribution in [2.24, 2.45) is 7.05 Å². The van der Waals surface area contributed by atoms with Gasteiger partial charge in [0.25, 0.3) is 0 Å². The van der Waals surface area contributed by atoms with Crippen LogP contribution in [0.5, 0.6) is 5.75 Å². The van der Waals surface area contributed by atoms with Gasteiger partial charge in [0.1, 0.15) is 17.4 Å². The van der Waals surface area contributed by atoms with Crippen molar-refractivity contribution in [3.05, 3.63) is 30.5 Å². The zero-order chi connectivity index (χ0) is 22.1. The van der Waals surface area contributed by atoms with Crippen LogP contribution < -0.4 is 5.32 Å². The molecule has 1 aromatic carbocycles. The first-order chi connectivity index (χ1) is 14.6. The molecular formula is C22H26FN7O. The maximum absolute atomic E-state index is 15.4. The number of hydrogen-bond donors (Lipinski definition) is 2. The lowest BCUT2D eigenvalue weighted by Gasteiger charge is -2.49. The summed E-state index contributed by atoms with van der Waals surface area (Å²) in [6.45, 7) is 7.97. The van der Waals surface area contributed by atoms with Crippen LogP contribution in [0.4, 0.5) is 4.39 Å². The molecule has 1 fully saturated rings. The Kier molecular flexibility index (Phi) is 4.14. The van der Waals surface area contributed by atoms with Crippen molar-refractivity contribution in [2.75, 3.05) is 0 Å². The normalized spacial score (nSPS) is 22.9. The number of aryl methyl sites for hydroxylation is 1. The molecule has 31 heavy (non-hydrogen) atoms. The fourth-order valence-corrected chi connectivity index (χ4v) is 4.97. The molecule has 3 aromatic heterocycles. The van der Waals surface area contributed by atoms with Crippen molar-refractivity contribution in [2.45, 2.75) is 57.4 Å². The van der Waals surface area contributed by atoms with Crippen LogP contribution in [0.2, 0.25) is 0 Å². The highest BCUT2D eigenvalue weighted by atomic mass is 19.1. The Bertz CT molecular complexity index is 1310. The Morgan fingerprint density at radius 3 is 2.68 bits per heavy atom. The van der Waals surface area contributed by atoms with E-state index in [1.54, 1.807) is 23.9 Å². The van der Waals surface area contributed by atoms with Crippen LogP contribution >= 0.6 is 0 Å². The molecule has 2 N–H and O–H groups in total. The van der Waals surface area contributed by atoms with Gasteiger partial charge in [-0.1, -0.05) is 5.21 Å². The lowest BCUT2D eigenvalue weighted by Crippen LogP contribution is -2.64. The van der Waals surface area contributed by atoms with E-state index in [1.165, 1.54) is 0 Å². The van der Waals surface area contributed by atoms with Gasteiger partial charge in [0.05, 0.1) is 17.3 Å². The summed E-state index contributed by atoms with van der Waals surface area (Å²) in [5, 5.41) is 31.7. The Balaban J connectivity index is 1.57. The maximum Gasteiger partial charge on any atom is 0.162 e. The van der Waals surface area contributed by atoms with Crippen LogP contribution in [0.3, 0.4) is 0 Å². The van der Waals surface area contributed by atoms with E-state index in [4.69, 9.17) is 0 Å². The largest absolute Gasteiger partial charge is 0.507 e. The second-order valence-corrected chi connectivity index (χ2v) is 9.71. The topological polar surface area (TPSA) is 93.7 Å². The van der Waals surface area contributed by atoms with E-state index >= 15 is 4.39 Å². The first-order valence-corrected chi connectivity index (χ1v) is 10.4. The first kappa shape index (κ1) is 19.9. The molecule has 0 unspecified atom stereocenters. The van der Waals surface area contributed by atoms with E-state index < -0.39 is 11.7 Å². The molecule has 8 nitrogen and oxygen atoms in total. The third-order valence-corrected chi connectivity index (χ3v) is 6.23. The quantitative estimate of drug-likeness (QED) is 0.512. The fourth-order valence-electron chi connectivity index (χ4n) is 4.97. The van der Waals surface area contributed by atoms with E-state index in [9.17, 15) is 5.11 Å². The molecule has 162 valence electrons. The molecule has 1 aliphatic heterocycles. The number of rotatable bonds is 2. The molecule has 4 aromatic rings. The third-order valence-electron chi connectivity index (χ3n) is 6.23. The van der Waals surface area contributed by atoms with Crippen molar-refractivity contribution in [3.8, 4) is 17.0 Å². The molecule has 0 radical (unpaired) electrons. The number of benzene rings is 1. The summed E-state index contributed by atoms with van der Waals surface area (Å²) in [6, 6.07) is 6.79. The van der Waals surface area contributed by atoms with Gasteiger partial charge in [0, 0.05) is 41.3 Å². The van der Waals surface area contributed by atoms with Gasteiger partial charge < -0.3 is 15.0 Å². The monoisotopic (exact) mass is 423 g/mol. The van der Waals surface area contributed by atoms with E-state index in [0.717, 1.165) is 10.9 Å². The minimum Gasteiger partial charge on any atom is -0.507 e. The fraction of sp³-hybridized carbons (Fsp3) is 0.455. The van der Waals surface area contributed by atoms with Crippen LogP contribution in [-0.2, 0) is 7.05 Å². The summed E-state index contributed by atoms with van der Waals surface area (Å²) in [5.74, 6) is 0.0802. The molecule has 4 heterocycles. The number of halogens is 1. The number of piperidine rings is 1. The number of alkyl halides is 1. The first-order valence-electron chi connectivity index (χ1n) is 10.4. The standard InChI is InChI=1S/C22H26FN7O/c1-21(2)11-17(19(23)22(3,4)27-21)30-7-6-12-8-14(24-26-20(12)30)13-9-15-16(10-18(13)31)29(5)28-25-15/h6-10,17,19,27,31H,11H2,1-5H3/t17-,19-/m0/s1. The smallest absolute Gasteiger partial charge is 0.162 e. The summed E-state index contributed by atoms with van der Waals surface area (Å²) < 4.78 is 18.9. The number of nitrogens with zero attached hydrogens (tertiary/aromatic N) is 6. The zero-order valence-electron chi connectivity index (χ0n) is 18.3. The minimum atomic E-state index is -1.08. The summed E-state index contributed by atoms with van der Waals surface area (Å²) in [5.41, 5.74) is 2.21. The predicted molar refractivity (Wildman–Crippen MR) is 117 cm³/mol. The van der Waals surface area contributed by atoms with Crippen molar-refractivity contribution in [1.82, 2.24) is 35.1 Å². The second-order valence-electron chi connectivity index (χ2n) is 9.71. The lowest BCUT2D eigenvalue weighted by molar-refractivity contribution is 0.0313. The SMILES string of the molecule is Cn1nnc2cc(-c3cc4ccn([C@H]5CC(C)(C)NC(C)(C)[C@H]5F)c4nn3)c(O)cc21. The van der Waals surface area contributed by atoms with E-state index in [0.29, 0.717) is 28.8 Å². The van der Waals surface area contributed by atoms with Crippen LogP contribution in [0.1, 0.15) is 40.2 Å². The van der Waals surface area contributed by atoms with Crippen molar-refractivity contribution in [1.29, 1.82) is 0 Å². The van der Waals surface area contributed by atoms with Gasteiger partial charge in [-0.05, 0) is 52.3 Å². The van der Waals surface area contributed by atoms with Gasteiger partial charge in [-0.3, -0.25) is 0 Å².